The molecule has 2 aromatic heterocycles. The van der Waals surface area contributed by atoms with E-state index in [0.29, 0.717) is 16.6 Å². The molecule has 3 rings (SSSR count). The first-order valence-corrected chi connectivity index (χ1v) is 6.87. The van der Waals surface area contributed by atoms with Gasteiger partial charge in [-0.3, -0.25) is 9.97 Å². The third-order valence-electron chi connectivity index (χ3n) is 3.00. The fourth-order valence-electron chi connectivity index (χ4n) is 1.95. The van der Waals surface area contributed by atoms with Crippen LogP contribution in [0.3, 0.4) is 0 Å². The number of aliphatic hydroxyl groups is 1. The Balaban J connectivity index is 1.98. The van der Waals surface area contributed by atoms with E-state index in [1.807, 2.05) is 0 Å². The molecular weight excluding hydrogens is 301 g/mol. The molecule has 0 spiro atoms. The van der Waals surface area contributed by atoms with Gasteiger partial charge in [0.1, 0.15) is 0 Å². The Morgan fingerprint density at radius 3 is 2.43 bits per heavy atom. The lowest BCUT2D eigenvalue weighted by Gasteiger charge is -2.11. The topological polar surface area (TPSA) is 46.0 Å². The minimum atomic E-state index is -4.66. The number of aliphatic hydroxyl groups excluding tert-OH is 1. The lowest BCUT2D eigenvalue weighted by atomic mass is 10.1. The molecule has 108 valence electrons. The smallest absolute Gasteiger partial charge is 0.379 e. The van der Waals surface area contributed by atoms with Crippen LogP contribution in [-0.2, 0) is 0 Å². The molecule has 0 bridgehead atoms. The number of thiophene rings is 1. The van der Waals surface area contributed by atoms with E-state index >= 15 is 0 Å². The maximum absolute atomic E-state index is 12.5. The van der Waals surface area contributed by atoms with Crippen molar-refractivity contribution in [2.45, 2.75) is 12.3 Å². The molecule has 1 atom stereocenters. The zero-order valence-corrected chi connectivity index (χ0v) is 11.3. The van der Waals surface area contributed by atoms with Crippen molar-refractivity contribution in [3.63, 3.8) is 0 Å². The van der Waals surface area contributed by atoms with Crippen molar-refractivity contribution < 1.29 is 18.3 Å². The van der Waals surface area contributed by atoms with Gasteiger partial charge in [0, 0.05) is 17.3 Å². The molecule has 0 aliphatic carbocycles. The molecule has 7 heteroatoms. The van der Waals surface area contributed by atoms with E-state index in [-0.39, 0.29) is 4.88 Å². The molecule has 3 aromatic rings. The summed E-state index contributed by atoms with van der Waals surface area (Å²) in [6.07, 6.45) is -3.98. The zero-order valence-electron chi connectivity index (χ0n) is 10.5. The van der Waals surface area contributed by atoms with Gasteiger partial charge < -0.3 is 5.11 Å². The van der Waals surface area contributed by atoms with Gasteiger partial charge in [-0.1, -0.05) is 6.07 Å². The molecule has 0 aliphatic rings. The molecule has 0 fully saturated rings. The third kappa shape index (κ3) is 2.74. The summed E-state index contributed by atoms with van der Waals surface area (Å²) in [6.45, 7) is 0. The Labute approximate surface area is 121 Å². The summed E-state index contributed by atoms with van der Waals surface area (Å²) in [4.78, 5) is 8.17. The SMILES string of the molecule is OC(c1cc(-c2ccc3nccnc3c2)cs1)C(F)(F)F. The highest BCUT2D eigenvalue weighted by molar-refractivity contribution is 7.10. The van der Waals surface area contributed by atoms with Gasteiger partial charge in [0.15, 0.2) is 6.10 Å². The summed E-state index contributed by atoms with van der Waals surface area (Å²) >= 11 is 0.879. The van der Waals surface area contributed by atoms with Crippen molar-refractivity contribution in [3.8, 4) is 11.1 Å². The molecule has 21 heavy (non-hydrogen) atoms. The van der Waals surface area contributed by atoms with Crippen LogP contribution in [-0.4, -0.2) is 21.3 Å². The van der Waals surface area contributed by atoms with Crippen LogP contribution in [0.1, 0.15) is 11.0 Å². The summed E-state index contributed by atoms with van der Waals surface area (Å²) in [5, 5.41) is 10.8. The maximum Gasteiger partial charge on any atom is 0.419 e. The molecule has 0 amide bonds. The molecule has 3 nitrogen and oxygen atoms in total. The Morgan fingerprint density at radius 2 is 1.71 bits per heavy atom. The maximum atomic E-state index is 12.5. The van der Waals surface area contributed by atoms with Gasteiger partial charge in [0.05, 0.1) is 11.0 Å². The molecular formula is C14H9F3N2OS. The van der Waals surface area contributed by atoms with E-state index in [1.54, 1.807) is 36.0 Å². The molecule has 0 saturated carbocycles. The van der Waals surface area contributed by atoms with Gasteiger partial charge in [-0.05, 0) is 34.7 Å². The third-order valence-corrected chi connectivity index (χ3v) is 3.99. The number of nitrogens with zero attached hydrogens (tertiary/aromatic N) is 2. The summed E-state index contributed by atoms with van der Waals surface area (Å²) < 4.78 is 37.5. The predicted molar refractivity (Wildman–Crippen MR) is 73.9 cm³/mol. The minimum Gasteiger partial charge on any atom is -0.379 e. The van der Waals surface area contributed by atoms with E-state index in [2.05, 4.69) is 9.97 Å². The average Bonchev–Trinajstić information content (AvgIpc) is 2.94. The lowest BCUT2D eigenvalue weighted by molar-refractivity contribution is -0.205. The van der Waals surface area contributed by atoms with Gasteiger partial charge in [0.2, 0.25) is 0 Å². The molecule has 0 radical (unpaired) electrons. The number of alkyl halides is 3. The molecule has 0 aliphatic heterocycles. The second kappa shape index (κ2) is 5.09. The van der Waals surface area contributed by atoms with Crippen LogP contribution in [0, 0.1) is 0 Å². The van der Waals surface area contributed by atoms with Crippen molar-refractivity contribution in [1.29, 1.82) is 0 Å². The van der Waals surface area contributed by atoms with Crippen LogP contribution < -0.4 is 0 Å². The van der Waals surface area contributed by atoms with Crippen molar-refractivity contribution in [3.05, 3.63) is 46.9 Å². The van der Waals surface area contributed by atoms with Crippen molar-refractivity contribution in [1.82, 2.24) is 9.97 Å². The van der Waals surface area contributed by atoms with E-state index in [1.165, 1.54) is 6.07 Å². The summed E-state index contributed by atoms with van der Waals surface area (Å²) in [5.74, 6) is 0. The van der Waals surface area contributed by atoms with Crippen LogP contribution in [0.25, 0.3) is 22.2 Å². The molecule has 1 unspecified atom stereocenters. The number of hydrogen-bond acceptors (Lipinski definition) is 4. The first kappa shape index (κ1) is 14.0. The van der Waals surface area contributed by atoms with E-state index in [9.17, 15) is 18.3 Å². The number of aromatic nitrogens is 2. The number of rotatable bonds is 2. The fourth-order valence-corrected chi connectivity index (χ4v) is 2.88. The van der Waals surface area contributed by atoms with E-state index in [0.717, 1.165) is 16.9 Å². The normalized spacial score (nSPS) is 13.5. The second-order valence-corrected chi connectivity index (χ2v) is 5.38. The largest absolute Gasteiger partial charge is 0.419 e. The number of halogens is 3. The Morgan fingerprint density at radius 1 is 1.00 bits per heavy atom. The van der Waals surface area contributed by atoms with Crippen LogP contribution in [0.4, 0.5) is 13.2 Å². The predicted octanol–water partition coefficient (Wildman–Crippen LogP) is 3.95. The summed E-state index contributed by atoms with van der Waals surface area (Å²) in [7, 11) is 0. The fraction of sp³-hybridized carbons (Fsp3) is 0.143. The van der Waals surface area contributed by atoms with Crippen LogP contribution >= 0.6 is 11.3 Å². The Bertz CT molecular complexity index is 785. The lowest BCUT2D eigenvalue weighted by Crippen LogP contribution is -2.18. The number of hydrogen-bond donors (Lipinski definition) is 1. The summed E-state index contributed by atoms with van der Waals surface area (Å²) in [5.41, 5.74) is 2.73. The Hall–Kier alpha value is -1.99. The van der Waals surface area contributed by atoms with Gasteiger partial charge in [0.25, 0.3) is 0 Å². The Kier molecular flexibility index (Phi) is 3.38. The molecule has 2 heterocycles. The second-order valence-electron chi connectivity index (χ2n) is 4.44. The first-order chi connectivity index (χ1) is 9.95. The quantitative estimate of drug-likeness (QED) is 0.779. The van der Waals surface area contributed by atoms with Crippen molar-refractivity contribution >= 4 is 22.4 Å². The number of fused-ring (bicyclic) bond motifs is 1. The van der Waals surface area contributed by atoms with Crippen molar-refractivity contribution in [2.24, 2.45) is 0 Å². The highest BCUT2D eigenvalue weighted by Gasteiger charge is 2.40. The highest BCUT2D eigenvalue weighted by atomic mass is 32.1. The average molecular weight is 310 g/mol. The molecule has 1 N–H and O–H groups in total. The van der Waals surface area contributed by atoms with Gasteiger partial charge in [-0.15, -0.1) is 11.3 Å². The van der Waals surface area contributed by atoms with Crippen LogP contribution in [0.2, 0.25) is 0 Å². The zero-order chi connectivity index (χ0) is 15.0. The standard InChI is InChI=1S/C14H9F3N2OS/c15-14(16,17)13(20)12-6-9(7-21-12)8-1-2-10-11(5-8)19-4-3-18-10/h1-7,13,20H. The van der Waals surface area contributed by atoms with Gasteiger partial charge in [-0.25, -0.2) is 0 Å². The van der Waals surface area contributed by atoms with Crippen molar-refractivity contribution in [2.75, 3.05) is 0 Å². The van der Waals surface area contributed by atoms with E-state index in [4.69, 9.17) is 0 Å². The number of benzene rings is 1. The monoisotopic (exact) mass is 310 g/mol. The molecule has 0 saturated heterocycles. The van der Waals surface area contributed by atoms with Gasteiger partial charge in [-0.2, -0.15) is 13.2 Å². The minimum absolute atomic E-state index is 0.128. The van der Waals surface area contributed by atoms with Gasteiger partial charge >= 0.3 is 6.18 Å². The first-order valence-electron chi connectivity index (χ1n) is 5.99. The van der Waals surface area contributed by atoms with E-state index < -0.39 is 12.3 Å². The van der Waals surface area contributed by atoms with Crippen LogP contribution in [0.15, 0.2) is 42.0 Å². The highest BCUT2D eigenvalue weighted by Crippen LogP contribution is 2.38. The summed E-state index contributed by atoms with van der Waals surface area (Å²) in [6, 6.07) is 6.63. The molecule has 1 aromatic carbocycles. The van der Waals surface area contributed by atoms with Crippen LogP contribution in [0.5, 0.6) is 0 Å².